The third-order valence-electron chi connectivity index (χ3n) is 5.56. The lowest BCUT2D eigenvalue weighted by Gasteiger charge is -2.12. The number of fused-ring (bicyclic) bond motifs is 4. The van der Waals surface area contributed by atoms with Gasteiger partial charge in [0.1, 0.15) is 10.9 Å². The number of benzene rings is 3. The highest BCUT2D eigenvalue weighted by Gasteiger charge is 2.28. The Bertz CT molecular complexity index is 1340. The minimum Gasteiger partial charge on any atom is -0.497 e. The Morgan fingerprint density at radius 1 is 1.09 bits per heavy atom. The van der Waals surface area contributed by atoms with Gasteiger partial charge in [0, 0.05) is 17.0 Å². The predicted octanol–water partition coefficient (Wildman–Crippen LogP) is 5.85. The summed E-state index contributed by atoms with van der Waals surface area (Å²) in [6.07, 6.45) is 1.52. The molecular weight excluding hydrogens is 454 g/mol. The van der Waals surface area contributed by atoms with Crippen molar-refractivity contribution in [2.24, 2.45) is 5.10 Å². The van der Waals surface area contributed by atoms with Crippen LogP contribution < -0.4 is 10.2 Å². The van der Waals surface area contributed by atoms with Crippen LogP contribution in [0.25, 0.3) is 22.0 Å². The van der Waals surface area contributed by atoms with Crippen molar-refractivity contribution in [3.05, 3.63) is 94.6 Å². The van der Waals surface area contributed by atoms with Crippen molar-refractivity contribution in [2.45, 2.75) is 5.25 Å². The Hall–Kier alpha value is -3.35. The van der Waals surface area contributed by atoms with Crippen molar-refractivity contribution in [3.8, 4) is 16.9 Å². The Morgan fingerprint density at radius 3 is 2.48 bits per heavy atom. The monoisotopic (exact) mass is 473 g/mol. The molecule has 0 spiro atoms. The van der Waals surface area contributed by atoms with Gasteiger partial charge in [-0.3, -0.25) is 4.79 Å². The molecule has 33 heavy (non-hydrogen) atoms. The first-order chi connectivity index (χ1) is 16.1. The largest absolute Gasteiger partial charge is 0.497 e. The summed E-state index contributed by atoms with van der Waals surface area (Å²) >= 11 is 7.89. The Balaban J connectivity index is 1.25. The second-order valence-corrected chi connectivity index (χ2v) is 9.04. The number of nitrogens with one attached hydrogen (secondary N) is 1. The van der Waals surface area contributed by atoms with E-state index in [1.807, 2.05) is 48.5 Å². The molecule has 3 aromatic carbocycles. The van der Waals surface area contributed by atoms with E-state index in [0.29, 0.717) is 16.5 Å². The van der Waals surface area contributed by atoms with Crippen molar-refractivity contribution < 1.29 is 9.53 Å². The number of hydrogen-bond donors (Lipinski definition) is 1. The molecule has 0 aliphatic heterocycles. The van der Waals surface area contributed by atoms with Crippen molar-refractivity contribution in [2.75, 3.05) is 12.9 Å². The van der Waals surface area contributed by atoms with E-state index in [1.54, 1.807) is 18.9 Å². The van der Waals surface area contributed by atoms with Crippen molar-refractivity contribution in [3.63, 3.8) is 0 Å². The summed E-state index contributed by atoms with van der Waals surface area (Å²) in [6.45, 7) is 0. The van der Waals surface area contributed by atoms with Crippen LogP contribution in [-0.4, -0.2) is 30.0 Å². The molecule has 5 nitrogen and oxygen atoms in total. The van der Waals surface area contributed by atoms with Gasteiger partial charge in [0.2, 0.25) is 5.91 Å². The van der Waals surface area contributed by atoms with Gasteiger partial charge in [-0.1, -0.05) is 60.1 Å². The number of carbonyl (C=O) groups is 1. The van der Waals surface area contributed by atoms with Crippen molar-refractivity contribution in [1.29, 1.82) is 0 Å². The van der Waals surface area contributed by atoms with Crippen LogP contribution in [0.5, 0.6) is 5.75 Å². The quantitative estimate of drug-likeness (QED) is 0.217. The minimum absolute atomic E-state index is 0.128. The number of hydrogen-bond acceptors (Lipinski definition) is 5. The number of hydrazone groups is 1. The standard InChI is InChI=1S/C26H20ClN3O2S/c1-32-18-11-10-16-12-17(26(27)29-23(16)13-18)14-28-30-24(31)15-33-25-21-8-4-2-6-19(21)20-7-3-5-9-22(20)25/h2-14,25H,15H2,1H3,(H,30,31). The van der Waals surface area contributed by atoms with Crippen LogP contribution in [-0.2, 0) is 4.79 Å². The van der Waals surface area contributed by atoms with E-state index in [9.17, 15) is 4.79 Å². The van der Waals surface area contributed by atoms with Crippen LogP contribution in [0.3, 0.4) is 0 Å². The van der Waals surface area contributed by atoms with Gasteiger partial charge in [-0.15, -0.1) is 11.8 Å². The van der Waals surface area contributed by atoms with Crippen LogP contribution in [0.4, 0.5) is 0 Å². The zero-order valence-electron chi connectivity index (χ0n) is 17.8. The molecule has 0 radical (unpaired) electrons. The van der Waals surface area contributed by atoms with Gasteiger partial charge in [0.15, 0.2) is 0 Å². The summed E-state index contributed by atoms with van der Waals surface area (Å²) in [5, 5.41) is 5.43. The highest BCUT2D eigenvalue weighted by Crippen LogP contribution is 2.49. The second-order valence-electron chi connectivity index (χ2n) is 7.59. The molecule has 1 aliphatic carbocycles. The van der Waals surface area contributed by atoms with E-state index in [2.05, 4.69) is 39.8 Å². The third kappa shape index (κ3) is 4.32. The number of aromatic nitrogens is 1. The fourth-order valence-electron chi connectivity index (χ4n) is 4.01. The normalized spacial score (nSPS) is 12.7. The lowest BCUT2D eigenvalue weighted by Crippen LogP contribution is -2.20. The Labute approximate surface area is 200 Å². The van der Waals surface area contributed by atoms with Crippen LogP contribution in [0.1, 0.15) is 21.9 Å². The zero-order valence-corrected chi connectivity index (χ0v) is 19.4. The van der Waals surface area contributed by atoms with Gasteiger partial charge in [0.05, 0.1) is 29.8 Å². The number of pyridine rings is 1. The molecular formula is C26H20ClN3O2S. The molecule has 0 unspecified atom stereocenters. The number of amides is 1. The first-order valence-electron chi connectivity index (χ1n) is 10.4. The number of halogens is 1. The molecule has 0 atom stereocenters. The van der Waals surface area contributed by atoms with Gasteiger partial charge in [-0.25, -0.2) is 10.4 Å². The van der Waals surface area contributed by atoms with E-state index in [-0.39, 0.29) is 16.9 Å². The van der Waals surface area contributed by atoms with Crippen LogP contribution >= 0.6 is 23.4 Å². The SMILES string of the molecule is COc1ccc2cc(C=NNC(=O)CSC3c4ccccc4-c4ccccc43)c(Cl)nc2c1. The molecule has 0 saturated carbocycles. The van der Waals surface area contributed by atoms with Crippen LogP contribution in [0.15, 0.2) is 77.9 Å². The molecule has 1 amide bonds. The molecule has 164 valence electrons. The number of nitrogens with zero attached hydrogens (tertiary/aromatic N) is 2. The fourth-order valence-corrected chi connectivity index (χ4v) is 5.36. The predicted molar refractivity (Wildman–Crippen MR) is 135 cm³/mol. The minimum atomic E-state index is -0.173. The van der Waals surface area contributed by atoms with Gasteiger partial charge < -0.3 is 4.74 Å². The lowest BCUT2D eigenvalue weighted by atomic mass is 10.1. The van der Waals surface area contributed by atoms with Gasteiger partial charge in [0.25, 0.3) is 0 Å². The molecule has 0 fully saturated rings. The molecule has 5 rings (SSSR count). The molecule has 0 saturated heterocycles. The average Bonchev–Trinajstić information content (AvgIpc) is 3.16. The van der Waals surface area contributed by atoms with Crippen molar-refractivity contribution in [1.82, 2.24) is 10.4 Å². The van der Waals surface area contributed by atoms with Gasteiger partial charge in [-0.2, -0.15) is 5.10 Å². The number of methoxy groups -OCH3 is 1. The number of thioether (sulfide) groups is 1. The molecule has 1 heterocycles. The zero-order chi connectivity index (χ0) is 22.8. The summed E-state index contributed by atoms with van der Waals surface area (Å²) in [5.41, 5.74) is 8.91. The Kier molecular flexibility index (Phi) is 6.03. The third-order valence-corrected chi connectivity index (χ3v) is 7.13. The summed E-state index contributed by atoms with van der Waals surface area (Å²) < 4.78 is 5.22. The van der Waals surface area contributed by atoms with E-state index in [4.69, 9.17) is 16.3 Å². The lowest BCUT2D eigenvalue weighted by molar-refractivity contribution is -0.118. The maximum Gasteiger partial charge on any atom is 0.250 e. The van der Waals surface area contributed by atoms with E-state index < -0.39 is 0 Å². The van der Waals surface area contributed by atoms with Gasteiger partial charge >= 0.3 is 0 Å². The molecule has 1 aliphatic rings. The van der Waals surface area contributed by atoms with E-state index >= 15 is 0 Å². The number of rotatable bonds is 6. The van der Waals surface area contributed by atoms with E-state index in [0.717, 1.165) is 10.9 Å². The fraction of sp³-hybridized carbons (Fsp3) is 0.115. The molecule has 1 N–H and O–H groups in total. The summed E-state index contributed by atoms with van der Waals surface area (Å²) in [5.74, 6) is 0.825. The summed E-state index contributed by atoms with van der Waals surface area (Å²) in [4.78, 5) is 16.9. The van der Waals surface area contributed by atoms with Crippen LogP contribution in [0.2, 0.25) is 5.15 Å². The summed E-state index contributed by atoms with van der Waals surface area (Å²) in [7, 11) is 1.61. The average molecular weight is 474 g/mol. The number of ether oxygens (including phenoxy) is 1. The van der Waals surface area contributed by atoms with E-state index in [1.165, 1.54) is 28.5 Å². The maximum absolute atomic E-state index is 12.5. The smallest absolute Gasteiger partial charge is 0.250 e. The summed E-state index contributed by atoms with van der Waals surface area (Å²) in [6, 6.07) is 24.2. The molecule has 4 aromatic rings. The van der Waals surface area contributed by atoms with Crippen molar-refractivity contribution >= 4 is 46.4 Å². The maximum atomic E-state index is 12.5. The van der Waals surface area contributed by atoms with Crippen LogP contribution in [0, 0.1) is 0 Å². The first-order valence-corrected chi connectivity index (χ1v) is 11.8. The number of carbonyl (C=O) groups excluding carboxylic acids is 1. The molecule has 1 aromatic heterocycles. The highest BCUT2D eigenvalue weighted by atomic mass is 35.5. The van der Waals surface area contributed by atoms with Gasteiger partial charge in [-0.05, 0) is 40.5 Å². The Morgan fingerprint density at radius 2 is 1.79 bits per heavy atom. The second kappa shape index (κ2) is 9.25. The molecule has 0 bridgehead atoms. The highest BCUT2D eigenvalue weighted by molar-refractivity contribution is 8.00. The molecule has 7 heteroatoms. The topological polar surface area (TPSA) is 63.6 Å². The first kappa shape index (κ1) is 21.5.